The first-order chi connectivity index (χ1) is 12.7. The topological polar surface area (TPSA) is 51.7 Å². The van der Waals surface area contributed by atoms with E-state index in [1.165, 1.54) is 134 Å². The summed E-state index contributed by atoms with van der Waals surface area (Å²) in [6, 6.07) is 0. The zero-order chi connectivity index (χ0) is 19.3. The van der Waals surface area contributed by atoms with E-state index >= 15 is 0 Å². The fourth-order valence-electron chi connectivity index (χ4n) is 4.08. The van der Waals surface area contributed by atoms with Crippen molar-refractivity contribution in [2.45, 2.75) is 136 Å². The van der Waals surface area contributed by atoms with Crippen LogP contribution in [0.5, 0.6) is 0 Å². The summed E-state index contributed by atoms with van der Waals surface area (Å²) in [7, 11) is -1.95. The minimum atomic E-state index is -1.95. The molecule has 0 saturated heterocycles. The molecule has 0 aliphatic heterocycles. The van der Waals surface area contributed by atoms with Crippen molar-refractivity contribution >= 4 is 31.4 Å². The molecule has 0 aromatic carbocycles. The molecular formula is C24H57O2PSn. The van der Waals surface area contributed by atoms with Gasteiger partial charge in [-0.2, -0.15) is 0 Å². The quantitative estimate of drug-likeness (QED) is 0.0977. The van der Waals surface area contributed by atoms with E-state index in [0.717, 1.165) is 0 Å². The third-order valence-electron chi connectivity index (χ3n) is 5.99. The van der Waals surface area contributed by atoms with Crippen LogP contribution in [-0.4, -0.2) is 52.8 Å². The summed E-state index contributed by atoms with van der Waals surface area (Å²) in [6.07, 6.45) is 27.9. The normalized spacial score (nSPS) is 11.7. The van der Waals surface area contributed by atoms with Crippen molar-refractivity contribution in [1.29, 1.82) is 0 Å². The molecule has 0 unspecified atom stereocenters. The molecule has 2 nitrogen and oxygen atoms in total. The van der Waals surface area contributed by atoms with Crippen molar-refractivity contribution in [3.8, 4) is 0 Å². The summed E-state index contributed by atoms with van der Waals surface area (Å²) in [5.74, 6) is 0. The van der Waals surface area contributed by atoms with Crippen LogP contribution < -0.4 is 0 Å². The molecule has 0 atom stereocenters. The zero-order valence-corrected chi connectivity index (χ0v) is 25.0. The van der Waals surface area contributed by atoms with E-state index in [0.29, 0.717) is 0 Å². The first-order valence-electron chi connectivity index (χ1n) is 12.4. The van der Waals surface area contributed by atoms with E-state index in [1.807, 2.05) is 0 Å². The second kappa shape index (κ2) is 26.2. The molecule has 0 heterocycles. The molecule has 0 fully saturated rings. The molecule has 0 aliphatic carbocycles. The summed E-state index contributed by atoms with van der Waals surface area (Å²) in [6.45, 7) is 6.85. The van der Waals surface area contributed by atoms with Crippen molar-refractivity contribution in [3.63, 3.8) is 0 Å². The predicted molar refractivity (Wildman–Crippen MR) is 137 cm³/mol. The summed E-state index contributed by atoms with van der Waals surface area (Å²) in [5, 5.41) is 0. The van der Waals surface area contributed by atoms with Gasteiger partial charge in [-0.25, -0.2) is 0 Å². The van der Waals surface area contributed by atoms with E-state index in [4.69, 9.17) is 0 Å². The number of hydrogen-bond acceptors (Lipinski definition) is 1. The Morgan fingerprint density at radius 2 is 0.643 bits per heavy atom. The summed E-state index contributed by atoms with van der Waals surface area (Å²) >= 11 is 0. The van der Waals surface area contributed by atoms with Gasteiger partial charge in [0, 0.05) is 0 Å². The Morgan fingerprint density at radius 1 is 0.429 bits per heavy atom. The predicted octanol–water partition coefficient (Wildman–Crippen LogP) is 6.98. The van der Waals surface area contributed by atoms with Gasteiger partial charge in [0.2, 0.25) is 0 Å². The molecule has 4 heteroatoms. The first-order valence-corrected chi connectivity index (χ1v) is 15.0. The molecule has 0 aromatic rings. The van der Waals surface area contributed by atoms with E-state index in [-0.39, 0.29) is 29.4 Å². The van der Waals surface area contributed by atoms with E-state index in [2.05, 4.69) is 20.8 Å². The van der Waals surface area contributed by atoms with Gasteiger partial charge in [-0.15, -0.1) is 0 Å². The molecule has 3 N–H and O–H groups in total. The van der Waals surface area contributed by atoms with Crippen LogP contribution in [0.2, 0.25) is 0 Å². The van der Waals surface area contributed by atoms with E-state index in [1.54, 1.807) is 0 Å². The second-order valence-corrected chi connectivity index (χ2v) is 12.7. The second-order valence-electron chi connectivity index (χ2n) is 8.78. The standard InChI is InChI=1S/C24H53OP.H2O.Sn.2H/c1-4-7-10-13-16-19-22-26(25,23-20-17-14-11-8-5-2)24-21-18-15-12-9-6-3;;;;/h25-26H,4-24H2,1-3H3;1H2;;;. The Bertz CT molecular complexity index is 237. The number of rotatable bonds is 21. The fourth-order valence-corrected chi connectivity index (χ4v) is 7.55. The van der Waals surface area contributed by atoms with Crippen LogP contribution in [0.15, 0.2) is 0 Å². The Kier molecular flexibility index (Phi) is 31.6. The van der Waals surface area contributed by atoms with Crippen LogP contribution in [0.4, 0.5) is 0 Å². The van der Waals surface area contributed by atoms with Gasteiger partial charge in [0.25, 0.3) is 0 Å². The van der Waals surface area contributed by atoms with E-state index in [9.17, 15) is 4.89 Å². The average Bonchev–Trinajstić information content (AvgIpc) is 2.64. The van der Waals surface area contributed by atoms with E-state index < -0.39 is 7.49 Å². The van der Waals surface area contributed by atoms with Crippen molar-refractivity contribution in [1.82, 2.24) is 0 Å². The number of unbranched alkanes of at least 4 members (excludes halogenated alkanes) is 15. The minimum absolute atomic E-state index is 0. The van der Waals surface area contributed by atoms with Crippen molar-refractivity contribution in [2.24, 2.45) is 0 Å². The van der Waals surface area contributed by atoms with Gasteiger partial charge in [-0.3, -0.25) is 0 Å². The Labute approximate surface area is 196 Å². The average molecular weight is 527 g/mol. The molecule has 0 amide bonds. The first kappa shape index (κ1) is 33.8. The molecular weight excluding hydrogens is 470 g/mol. The third kappa shape index (κ3) is 23.4. The maximum absolute atomic E-state index is 11.4. The molecule has 0 saturated carbocycles. The summed E-state index contributed by atoms with van der Waals surface area (Å²) in [4.78, 5) is 11.4. The van der Waals surface area contributed by atoms with Crippen LogP contribution in [-0.2, 0) is 0 Å². The Balaban J connectivity index is -0.00000312. The van der Waals surface area contributed by atoms with Crippen LogP contribution in [0.3, 0.4) is 0 Å². The van der Waals surface area contributed by atoms with Crippen LogP contribution in [0.25, 0.3) is 0 Å². The van der Waals surface area contributed by atoms with Crippen molar-refractivity contribution in [3.05, 3.63) is 0 Å². The van der Waals surface area contributed by atoms with Crippen LogP contribution >= 0.6 is 7.49 Å². The third-order valence-corrected chi connectivity index (χ3v) is 9.84. The van der Waals surface area contributed by atoms with Gasteiger partial charge >= 0.3 is 191 Å². The van der Waals surface area contributed by atoms with Crippen LogP contribution in [0, 0.1) is 0 Å². The molecule has 28 heavy (non-hydrogen) atoms. The SMILES string of the molecule is CCCCCCCC[PH](O)(CCCCCCCC)CCCCCCCC.O.[SnH2]. The zero-order valence-electron chi connectivity index (χ0n) is 20.0. The molecule has 0 aromatic heterocycles. The summed E-state index contributed by atoms with van der Waals surface area (Å²) in [5.41, 5.74) is 0. The van der Waals surface area contributed by atoms with Gasteiger partial charge in [0.1, 0.15) is 0 Å². The van der Waals surface area contributed by atoms with Gasteiger partial charge in [0.15, 0.2) is 0 Å². The molecule has 174 valence electrons. The monoisotopic (exact) mass is 528 g/mol. The van der Waals surface area contributed by atoms with Crippen molar-refractivity contribution < 1.29 is 10.4 Å². The molecule has 0 rings (SSSR count). The fraction of sp³-hybridized carbons (Fsp3) is 1.00. The van der Waals surface area contributed by atoms with Crippen LogP contribution in [0.1, 0.15) is 136 Å². The Hall–Kier alpha value is 1.15. The van der Waals surface area contributed by atoms with Gasteiger partial charge < -0.3 is 5.48 Å². The maximum atomic E-state index is 11.4. The van der Waals surface area contributed by atoms with Crippen molar-refractivity contribution in [2.75, 3.05) is 18.5 Å². The Morgan fingerprint density at radius 3 is 0.893 bits per heavy atom. The van der Waals surface area contributed by atoms with Gasteiger partial charge in [-0.1, -0.05) is 0 Å². The molecule has 0 aliphatic rings. The van der Waals surface area contributed by atoms with Gasteiger partial charge in [-0.05, 0) is 0 Å². The number of hydrogen-bond donors (Lipinski definition) is 1. The van der Waals surface area contributed by atoms with Gasteiger partial charge in [0.05, 0.1) is 0 Å². The molecule has 0 bridgehead atoms. The molecule has 2 radical (unpaired) electrons. The summed E-state index contributed by atoms with van der Waals surface area (Å²) < 4.78 is 0. The molecule has 0 spiro atoms.